The number of benzene rings is 1. The molecule has 26 heavy (non-hydrogen) atoms. The number of methoxy groups -OCH3 is 2. The van der Waals surface area contributed by atoms with Gasteiger partial charge in [0.15, 0.2) is 0 Å². The van der Waals surface area contributed by atoms with Gasteiger partial charge in [0, 0.05) is 0 Å². The van der Waals surface area contributed by atoms with Gasteiger partial charge in [0.05, 0.1) is 0 Å². The molecule has 0 bridgehead atoms. The van der Waals surface area contributed by atoms with Crippen LogP contribution < -0.4 is 9.47 Å². The van der Waals surface area contributed by atoms with Crippen molar-refractivity contribution in [2.45, 2.75) is 33.6 Å². The molecule has 0 spiro atoms. The van der Waals surface area contributed by atoms with E-state index < -0.39 is 7.74 Å². The van der Waals surface area contributed by atoms with Gasteiger partial charge in [-0.25, -0.2) is 0 Å². The van der Waals surface area contributed by atoms with Gasteiger partial charge >= 0.3 is 152 Å². The molecule has 1 aromatic carbocycles. The van der Waals surface area contributed by atoms with E-state index in [9.17, 15) is 14.6 Å². The summed E-state index contributed by atoms with van der Waals surface area (Å²) in [6, 6.07) is 5.21. The van der Waals surface area contributed by atoms with Crippen molar-refractivity contribution in [3.63, 3.8) is 0 Å². The van der Waals surface area contributed by atoms with Crippen molar-refractivity contribution >= 4 is 13.5 Å². The van der Waals surface area contributed by atoms with E-state index in [0.717, 1.165) is 0 Å². The zero-order valence-corrected chi connectivity index (χ0v) is 16.6. The number of rotatable bonds is 10. The summed E-state index contributed by atoms with van der Waals surface area (Å²) in [5.74, 6) is 0.806. The molecular weight excluding hydrogens is 363 g/mol. The Morgan fingerprint density at radius 3 is 2.19 bits per heavy atom. The first-order chi connectivity index (χ1) is 12.0. The third-order valence-corrected chi connectivity index (χ3v) is 5.22. The molecule has 1 saturated heterocycles. The van der Waals surface area contributed by atoms with Crippen LogP contribution in [0.25, 0.3) is 0 Å². The van der Waals surface area contributed by atoms with Crippen LogP contribution in [-0.2, 0) is 13.9 Å². The van der Waals surface area contributed by atoms with Gasteiger partial charge in [-0.1, -0.05) is 0 Å². The fourth-order valence-electron chi connectivity index (χ4n) is 3.06. The molecule has 0 radical (unpaired) electrons. The summed E-state index contributed by atoms with van der Waals surface area (Å²) in [4.78, 5) is 31.9. The molecule has 1 aromatic rings. The van der Waals surface area contributed by atoms with Crippen molar-refractivity contribution in [2.75, 3.05) is 20.8 Å². The number of ketones is 1. The second-order valence-corrected chi connectivity index (χ2v) is 9.52. The van der Waals surface area contributed by atoms with E-state index in [-0.39, 0.29) is 30.1 Å². The normalized spacial score (nSPS) is 20.5. The van der Waals surface area contributed by atoms with Crippen LogP contribution in [0.3, 0.4) is 0 Å². The molecule has 0 amide bonds. The summed E-state index contributed by atoms with van der Waals surface area (Å²) in [5, 5.41) is 0. The first kappa shape index (κ1) is 21.0. The Balaban J connectivity index is 2.01. The molecule has 1 heterocycles. The van der Waals surface area contributed by atoms with Crippen LogP contribution in [-0.4, -0.2) is 36.4 Å². The van der Waals surface area contributed by atoms with Gasteiger partial charge in [-0.15, -0.1) is 0 Å². The van der Waals surface area contributed by atoms with Gasteiger partial charge in [0.1, 0.15) is 0 Å². The van der Waals surface area contributed by atoms with Gasteiger partial charge in [-0.05, 0) is 0 Å². The Morgan fingerprint density at radius 2 is 1.73 bits per heavy atom. The topological polar surface area (TPSA) is 110 Å². The van der Waals surface area contributed by atoms with Gasteiger partial charge in [-0.3, -0.25) is 0 Å². The molecular formula is C17H27O8P. The van der Waals surface area contributed by atoms with Gasteiger partial charge in [0.2, 0.25) is 0 Å². The number of carbonyl (C=O) groups is 1. The Hall–Kier alpha value is -1.28. The summed E-state index contributed by atoms with van der Waals surface area (Å²) >= 11 is 0. The van der Waals surface area contributed by atoms with Gasteiger partial charge in [-0.2, -0.15) is 0 Å². The average molecular weight is 390 g/mol. The summed E-state index contributed by atoms with van der Waals surface area (Å²) in [6.45, 7) is 5.86. The average Bonchev–Trinajstić information content (AvgIpc) is 3.22. The monoisotopic (exact) mass is 390 g/mol. The molecule has 1 unspecified atom stereocenters. The van der Waals surface area contributed by atoms with Crippen molar-refractivity contribution in [1.29, 1.82) is 0 Å². The maximum atomic E-state index is 12.9. The summed E-state index contributed by atoms with van der Waals surface area (Å²) < 4.78 is 23.9. The van der Waals surface area contributed by atoms with Crippen molar-refractivity contribution in [1.82, 2.24) is 0 Å². The van der Waals surface area contributed by atoms with E-state index in [2.05, 4.69) is 9.35 Å². The van der Waals surface area contributed by atoms with Crippen LogP contribution in [0.15, 0.2) is 18.2 Å². The molecule has 0 saturated carbocycles. The van der Waals surface area contributed by atoms with Crippen LogP contribution in [0.2, 0.25) is 0 Å². The van der Waals surface area contributed by atoms with E-state index in [0.29, 0.717) is 23.5 Å². The molecule has 1 fully saturated rings. The van der Waals surface area contributed by atoms with Crippen molar-refractivity contribution in [3.8, 4) is 11.5 Å². The molecule has 1 aliphatic heterocycles. The van der Waals surface area contributed by atoms with E-state index in [4.69, 9.17) is 14.0 Å². The third-order valence-electron chi connectivity index (χ3n) is 4.10. The van der Waals surface area contributed by atoms with E-state index in [1.165, 1.54) is 14.2 Å². The zero-order valence-electron chi connectivity index (χ0n) is 15.7. The molecule has 8 nitrogen and oxygen atoms in total. The Morgan fingerprint density at radius 1 is 1.19 bits per heavy atom. The molecule has 0 aromatic heterocycles. The van der Waals surface area contributed by atoms with Crippen LogP contribution in [0.5, 0.6) is 11.5 Å². The number of carbonyl (C=O) groups excluding carboxylic acids is 1. The van der Waals surface area contributed by atoms with Crippen molar-refractivity contribution in [3.05, 3.63) is 23.8 Å². The third kappa shape index (κ3) is 5.36. The molecule has 2 N–H and O–H groups in total. The van der Waals surface area contributed by atoms with Crippen LogP contribution in [0.1, 0.15) is 44.0 Å². The maximum absolute atomic E-state index is 12.9. The second kappa shape index (κ2) is 7.38. The van der Waals surface area contributed by atoms with Crippen molar-refractivity contribution < 1.29 is 37.9 Å². The fourth-order valence-corrected chi connectivity index (χ4v) is 4.01. The van der Waals surface area contributed by atoms with E-state index in [1.807, 2.05) is 20.8 Å². The fraction of sp³-hybridized carbons (Fsp3) is 0.588. The van der Waals surface area contributed by atoms with Gasteiger partial charge in [0.25, 0.3) is 0 Å². The van der Waals surface area contributed by atoms with Crippen LogP contribution >= 0.6 is 7.74 Å². The van der Waals surface area contributed by atoms with Crippen LogP contribution in [0.4, 0.5) is 0 Å². The summed E-state index contributed by atoms with van der Waals surface area (Å²) in [7, 11) is -1.69. The summed E-state index contributed by atoms with van der Waals surface area (Å²) in [6.07, 6.45) is 0.881. The minimum absolute atomic E-state index is 0.0421. The molecule has 1 atom stereocenters. The standard InChI is InChI=1S/C17H27O8P/c1-12(11-23-26(19,20)24-25-26)9-17(2,3)10-13(18)16-14(21-4)7-6-8-15(16)22-5/h6-8,12,19-20H,9-11H2,1-5H3. The van der Waals surface area contributed by atoms with Crippen LogP contribution in [0, 0.1) is 11.3 Å². The Labute approximate surface area is 153 Å². The number of hydrogen-bond donors (Lipinski definition) is 2. The first-order valence-corrected chi connectivity index (χ1v) is 10.2. The number of hydrogen-bond acceptors (Lipinski definition) is 8. The van der Waals surface area contributed by atoms with E-state index in [1.54, 1.807) is 18.2 Å². The second-order valence-electron chi connectivity index (χ2n) is 7.36. The van der Waals surface area contributed by atoms with Crippen molar-refractivity contribution in [2.24, 2.45) is 11.3 Å². The number of Topliss-reactive ketones (excluding diaryl/α,β-unsaturated/α-hetero) is 1. The quantitative estimate of drug-likeness (QED) is 0.271. The Kier molecular flexibility index (Phi) is 5.97. The minimum atomic E-state index is -4.72. The summed E-state index contributed by atoms with van der Waals surface area (Å²) in [5.41, 5.74) is 0.0629. The molecule has 1 aliphatic rings. The molecule has 9 heteroatoms. The SMILES string of the molecule is COc1cccc(OC)c1C(=O)CC(C)(C)CC(C)COP1(O)(O)OO1. The predicted octanol–water partition coefficient (Wildman–Crippen LogP) is 3.42. The van der Waals surface area contributed by atoms with E-state index >= 15 is 0 Å². The van der Waals surface area contributed by atoms with Gasteiger partial charge < -0.3 is 0 Å². The number of ether oxygens (including phenoxy) is 2. The molecule has 0 aliphatic carbocycles. The Bertz CT molecular complexity index is 642. The zero-order chi connectivity index (χ0) is 19.6. The molecule has 148 valence electrons. The first-order valence-electron chi connectivity index (χ1n) is 8.28. The predicted molar refractivity (Wildman–Crippen MR) is 95.5 cm³/mol. The molecule has 2 rings (SSSR count).